The average Bonchev–Trinajstić information content (AvgIpc) is 3.00. The molecule has 0 aromatic heterocycles. The van der Waals surface area contributed by atoms with Gasteiger partial charge in [-0.3, -0.25) is 9.69 Å². The normalized spacial score (nSPS) is 15.3. The van der Waals surface area contributed by atoms with Gasteiger partial charge in [0.2, 0.25) is 0 Å². The molecule has 0 radical (unpaired) electrons. The second-order valence-corrected chi connectivity index (χ2v) is 7.83. The molecule has 0 saturated carbocycles. The number of amidine groups is 1. The molecule has 0 unspecified atom stereocenters. The van der Waals surface area contributed by atoms with Gasteiger partial charge in [-0.05, 0) is 48.0 Å². The summed E-state index contributed by atoms with van der Waals surface area (Å²) in [5.41, 5.74) is 3.01. The van der Waals surface area contributed by atoms with Crippen LogP contribution in [-0.4, -0.2) is 11.7 Å². The van der Waals surface area contributed by atoms with E-state index in [9.17, 15) is 4.79 Å². The van der Waals surface area contributed by atoms with Gasteiger partial charge in [-0.25, -0.2) is 4.99 Å². The highest BCUT2D eigenvalue weighted by Gasteiger charge is 2.32. The molecule has 0 atom stereocenters. The predicted molar refractivity (Wildman–Crippen MR) is 117 cm³/mol. The largest absolute Gasteiger partial charge is 0.282 e. The first-order valence-corrected chi connectivity index (χ1v) is 9.92. The minimum absolute atomic E-state index is 0.142. The van der Waals surface area contributed by atoms with Gasteiger partial charge in [0.05, 0.1) is 5.69 Å². The standard InChI is InChI=1S/C22H14Br2N2O/c23-17-9-11-19(12-10-17)26-21(16-6-2-1-3-7-16)25-20(22(26)27)14-15-5-4-8-18(24)13-15/h1-14H/b20-14+. The fraction of sp³-hybridized carbons (Fsp3) is 0. The molecule has 0 N–H and O–H groups in total. The quantitative estimate of drug-likeness (QED) is 0.419. The molecule has 0 saturated heterocycles. The van der Waals surface area contributed by atoms with Crippen LogP contribution in [0, 0.1) is 0 Å². The molecule has 1 aliphatic rings. The zero-order valence-electron chi connectivity index (χ0n) is 14.1. The first-order valence-electron chi connectivity index (χ1n) is 8.33. The van der Waals surface area contributed by atoms with Gasteiger partial charge in [0.15, 0.2) is 0 Å². The molecule has 0 aliphatic carbocycles. The third-order valence-electron chi connectivity index (χ3n) is 4.13. The molecule has 3 aromatic carbocycles. The van der Waals surface area contributed by atoms with Gasteiger partial charge in [-0.1, -0.05) is 74.3 Å². The van der Waals surface area contributed by atoms with Crippen molar-refractivity contribution in [2.45, 2.75) is 0 Å². The van der Waals surface area contributed by atoms with Crippen molar-refractivity contribution in [2.24, 2.45) is 4.99 Å². The molecule has 3 nitrogen and oxygen atoms in total. The van der Waals surface area contributed by atoms with Crippen LogP contribution >= 0.6 is 31.9 Å². The Morgan fingerprint density at radius 2 is 1.56 bits per heavy atom. The number of nitrogens with zero attached hydrogens (tertiary/aromatic N) is 2. The maximum absolute atomic E-state index is 13.2. The van der Waals surface area contributed by atoms with E-state index in [0.717, 1.165) is 25.8 Å². The highest BCUT2D eigenvalue weighted by molar-refractivity contribution is 9.10. The van der Waals surface area contributed by atoms with Crippen LogP contribution in [0.1, 0.15) is 11.1 Å². The minimum atomic E-state index is -0.142. The molecule has 0 bridgehead atoms. The summed E-state index contributed by atoms with van der Waals surface area (Å²) in [6, 6.07) is 25.2. The van der Waals surface area contributed by atoms with E-state index in [0.29, 0.717) is 11.5 Å². The molecule has 5 heteroatoms. The molecule has 3 aromatic rings. The maximum atomic E-state index is 13.2. The Bertz CT molecular complexity index is 1060. The predicted octanol–water partition coefficient (Wildman–Crippen LogP) is 6.05. The molecular formula is C22H14Br2N2O. The van der Waals surface area contributed by atoms with Crippen molar-refractivity contribution >= 4 is 55.4 Å². The molecule has 1 heterocycles. The molecule has 0 spiro atoms. The number of aliphatic imine (C=N–C) groups is 1. The number of hydrogen-bond acceptors (Lipinski definition) is 2. The van der Waals surface area contributed by atoms with Crippen molar-refractivity contribution in [1.82, 2.24) is 0 Å². The van der Waals surface area contributed by atoms with E-state index < -0.39 is 0 Å². The zero-order chi connectivity index (χ0) is 18.8. The topological polar surface area (TPSA) is 32.7 Å². The number of halogens is 2. The summed E-state index contributed by atoms with van der Waals surface area (Å²) in [6.45, 7) is 0. The van der Waals surface area contributed by atoms with E-state index in [2.05, 4.69) is 36.9 Å². The lowest BCUT2D eigenvalue weighted by Gasteiger charge is -2.18. The van der Waals surface area contributed by atoms with Crippen LogP contribution < -0.4 is 4.90 Å². The van der Waals surface area contributed by atoms with E-state index in [1.54, 1.807) is 4.90 Å². The first kappa shape index (κ1) is 17.9. The first-order chi connectivity index (χ1) is 13.1. The minimum Gasteiger partial charge on any atom is -0.266 e. The van der Waals surface area contributed by atoms with Gasteiger partial charge >= 0.3 is 0 Å². The van der Waals surface area contributed by atoms with Gasteiger partial charge in [0, 0.05) is 14.5 Å². The summed E-state index contributed by atoms with van der Waals surface area (Å²) in [4.78, 5) is 19.5. The van der Waals surface area contributed by atoms with Crippen molar-refractivity contribution in [2.75, 3.05) is 4.90 Å². The Morgan fingerprint density at radius 3 is 2.26 bits per heavy atom. The second kappa shape index (κ2) is 7.62. The molecule has 132 valence electrons. The Morgan fingerprint density at radius 1 is 0.815 bits per heavy atom. The summed E-state index contributed by atoms with van der Waals surface area (Å²) in [7, 11) is 0. The summed E-state index contributed by atoms with van der Waals surface area (Å²) in [5.74, 6) is 0.486. The fourth-order valence-electron chi connectivity index (χ4n) is 2.88. The highest BCUT2D eigenvalue weighted by atomic mass is 79.9. The number of hydrogen-bond donors (Lipinski definition) is 0. The number of benzene rings is 3. The third-order valence-corrected chi connectivity index (χ3v) is 5.15. The molecular weight excluding hydrogens is 468 g/mol. The fourth-order valence-corrected chi connectivity index (χ4v) is 3.56. The van der Waals surface area contributed by atoms with Crippen LogP contribution in [0.3, 0.4) is 0 Å². The Kier molecular flexibility index (Phi) is 5.05. The van der Waals surface area contributed by atoms with E-state index >= 15 is 0 Å². The van der Waals surface area contributed by atoms with Crippen molar-refractivity contribution in [3.63, 3.8) is 0 Å². The monoisotopic (exact) mass is 480 g/mol. The summed E-state index contributed by atoms with van der Waals surface area (Å²) in [5, 5.41) is 0. The lowest BCUT2D eigenvalue weighted by atomic mass is 10.1. The zero-order valence-corrected chi connectivity index (χ0v) is 17.3. The van der Waals surface area contributed by atoms with Crippen molar-refractivity contribution < 1.29 is 4.79 Å². The second-order valence-electron chi connectivity index (χ2n) is 6.00. The van der Waals surface area contributed by atoms with Gasteiger partial charge in [-0.2, -0.15) is 0 Å². The van der Waals surface area contributed by atoms with E-state index in [1.807, 2.05) is 84.9 Å². The van der Waals surface area contributed by atoms with Crippen molar-refractivity contribution in [3.8, 4) is 0 Å². The summed E-state index contributed by atoms with van der Waals surface area (Å²) >= 11 is 6.91. The van der Waals surface area contributed by atoms with Gasteiger partial charge in [0.1, 0.15) is 11.5 Å². The number of carbonyl (C=O) groups is 1. The summed E-state index contributed by atoms with van der Waals surface area (Å²) in [6.07, 6.45) is 1.81. The number of carbonyl (C=O) groups excluding carboxylic acids is 1. The lowest BCUT2D eigenvalue weighted by Crippen LogP contribution is -2.32. The number of anilines is 1. The SMILES string of the molecule is O=C1/C(=C\c2cccc(Br)c2)N=C(c2ccccc2)N1c1ccc(Br)cc1. The Hall–Kier alpha value is -2.50. The molecule has 1 aliphatic heterocycles. The lowest BCUT2D eigenvalue weighted by molar-refractivity contribution is -0.113. The number of rotatable bonds is 3. The Balaban J connectivity index is 1.82. The van der Waals surface area contributed by atoms with E-state index in [4.69, 9.17) is 0 Å². The maximum Gasteiger partial charge on any atom is 0.282 e. The molecule has 4 rings (SSSR count). The van der Waals surface area contributed by atoms with Crippen molar-refractivity contribution in [1.29, 1.82) is 0 Å². The van der Waals surface area contributed by atoms with E-state index in [-0.39, 0.29) is 5.91 Å². The van der Waals surface area contributed by atoms with Crippen LogP contribution in [0.4, 0.5) is 5.69 Å². The van der Waals surface area contributed by atoms with Gasteiger partial charge < -0.3 is 0 Å². The van der Waals surface area contributed by atoms with E-state index in [1.165, 1.54) is 0 Å². The molecule has 0 fully saturated rings. The van der Waals surface area contributed by atoms with Crippen LogP contribution in [0.25, 0.3) is 6.08 Å². The van der Waals surface area contributed by atoms with Gasteiger partial charge in [-0.15, -0.1) is 0 Å². The highest BCUT2D eigenvalue weighted by Crippen LogP contribution is 2.29. The number of amides is 1. The molecule has 27 heavy (non-hydrogen) atoms. The average molecular weight is 482 g/mol. The van der Waals surface area contributed by atoms with Gasteiger partial charge in [0.25, 0.3) is 5.91 Å². The molecule has 1 amide bonds. The van der Waals surface area contributed by atoms with Crippen LogP contribution in [-0.2, 0) is 4.79 Å². The Labute approximate surface area is 174 Å². The summed E-state index contributed by atoms with van der Waals surface area (Å²) < 4.78 is 1.92. The van der Waals surface area contributed by atoms with Crippen molar-refractivity contribution in [3.05, 3.63) is 105 Å². The van der Waals surface area contributed by atoms with Crippen LogP contribution in [0.2, 0.25) is 0 Å². The third kappa shape index (κ3) is 3.80. The van der Waals surface area contributed by atoms with Crippen LogP contribution in [0.5, 0.6) is 0 Å². The van der Waals surface area contributed by atoms with Crippen LogP contribution in [0.15, 0.2) is 98.5 Å². The smallest absolute Gasteiger partial charge is 0.266 e.